The van der Waals surface area contributed by atoms with E-state index in [1.807, 2.05) is 0 Å². The van der Waals surface area contributed by atoms with Gasteiger partial charge in [0.25, 0.3) is 0 Å². The van der Waals surface area contributed by atoms with Crippen molar-refractivity contribution >= 4 is 16.1 Å². The highest BCUT2D eigenvalue weighted by molar-refractivity contribution is 7.87. The number of halogens is 7. The average Bonchev–Trinajstić information content (AvgIpc) is 2.24. The van der Waals surface area contributed by atoms with Crippen molar-refractivity contribution in [3.8, 4) is 0 Å². The molecular weight excluding hydrogens is 341 g/mol. The molecule has 0 aliphatic rings. The minimum absolute atomic E-state index is 0.640. The molecule has 0 aliphatic carbocycles. The third-order valence-electron chi connectivity index (χ3n) is 2.10. The number of hydrogen-bond acceptors (Lipinski definition) is 4. The fourth-order valence-corrected chi connectivity index (χ4v) is 1.51. The van der Waals surface area contributed by atoms with Crippen molar-refractivity contribution in [2.75, 3.05) is 6.61 Å². The number of ether oxygens (including phenoxy) is 1. The molecule has 0 radical (unpaired) electrons. The Labute approximate surface area is 113 Å². The third-order valence-corrected chi connectivity index (χ3v) is 3.05. The molecule has 21 heavy (non-hydrogen) atoms. The van der Waals surface area contributed by atoms with Crippen LogP contribution in [0.3, 0.4) is 0 Å². The van der Waals surface area contributed by atoms with E-state index in [2.05, 4.69) is 4.74 Å². The highest BCUT2D eigenvalue weighted by Gasteiger charge is 2.64. The summed E-state index contributed by atoms with van der Waals surface area (Å²) in [6.45, 7) is -0.966. The van der Waals surface area contributed by atoms with Crippen molar-refractivity contribution in [1.82, 2.24) is 0 Å². The molecule has 0 unspecified atom stereocenters. The average molecular weight is 350 g/mol. The summed E-state index contributed by atoms with van der Waals surface area (Å²) in [7, 11) is -6.35. The van der Waals surface area contributed by atoms with Crippen LogP contribution in [0.2, 0.25) is 0 Å². The summed E-state index contributed by atoms with van der Waals surface area (Å²) in [4.78, 5) is 10.2. The standard InChI is InChI=1S/C8H9F7O5S/c9-6(10,8(14,15)21(17,18)19)3-1-2-4-20-5(16)7(11,12)13/h1-4H2,(H,17,18,19). The van der Waals surface area contributed by atoms with Crippen LogP contribution in [0.5, 0.6) is 0 Å². The van der Waals surface area contributed by atoms with Crippen LogP contribution in [0, 0.1) is 0 Å². The summed E-state index contributed by atoms with van der Waals surface area (Å²) < 4.78 is 118. The van der Waals surface area contributed by atoms with Gasteiger partial charge in [-0.15, -0.1) is 0 Å². The van der Waals surface area contributed by atoms with Gasteiger partial charge in [0.15, 0.2) is 0 Å². The first-order valence-corrected chi connectivity index (χ1v) is 6.53. The first-order chi connectivity index (χ1) is 9.13. The molecule has 0 amide bonds. The minimum Gasteiger partial charge on any atom is -0.459 e. The first-order valence-electron chi connectivity index (χ1n) is 5.09. The van der Waals surface area contributed by atoms with Gasteiger partial charge in [0.05, 0.1) is 6.61 Å². The maximum atomic E-state index is 12.9. The molecular formula is C8H9F7O5S. The van der Waals surface area contributed by atoms with E-state index in [0.29, 0.717) is 0 Å². The van der Waals surface area contributed by atoms with E-state index in [4.69, 9.17) is 4.55 Å². The van der Waals surface area contributed by atoms with E-state index in [9.17, 15) is 43.9 Å². The lowest BCUT2D eigenvalue weighted by Crippen LogP contribution is -2.46. The van der Waals surface area contributed by atoms with Gasteiger partial charge in [-0.05, 0) is 12.8 Å². The molecule has 0 heterocycles. The van der Waals surface area contributed by atoms with Gasteiger partial charge in [0, 0.05) is 6.42 Å². The van der Waals surface area contributed by atoms with Gasteiger partial charge >= 0.3 is 33.4 Å². The zero-order valence-electron chi connectivity index (χ0n) is 9.96. The van der Waals surface area contributed by atoms with Gasteiger partial charge in [-0.25, -0.2) is 4.79 Å². The predicted molar refractivity (Wildman–Crippen MR) is 52.3 cm³/mol. The van der Waals surface area contributed by atoms with Gasteiger partial charge in [0.1, 0.15) is 0 Å². The molecule has 0 aliphatic heterocycles. The van der Waals surface area contributed by atoms with E-state index in [0.717, 1.165) is 0 Å². The lowest BCUT2D eigenvalue weighted by Gasteiger charge is -2.23. The number of unbranched alkanes of at least 4 members (excludes halogenated alkanes) is 1. The highest BCUT2D eigenvalue weighted by Crippen LogP contribution is 2.41. The third kappa shape index (κ3) is 5.30. The Balaban J connectivity index is 4.34. The quantitative estimate of drug-likeness (QED) is 0.330. The number of esters is 1. The fourth-order valence-electron chi connectivity index (χ4n) is 1.03. The highest BCUT2D eigenvalue weighted by atomic mass is 32.2. The Morgan fingerprint density at radius 2 is 1.48 bits per heavy atom. The molecule has 0 bridgehead atoms. The fraction of sp³-hybridized carbons (Fsp3) is 0.875. The zero-order valence-corrected chi connectivity index (χ0v) is 10.8. The predicted octanol–water partition coefficient (Wildman–Crippen LogP) is 2.38. The smallest absolute Gasteiger partial charge is 0.459 e. The number of carbonyl (C=O) groups is 1. The second kappa shape index (κ2) is 6.34. The van der Waals surface area contributed by atoms with Crippen LogP contribution in [-0.4, -0.2) is 42.9 Å². The zero-order chi connectivity index (χ0) is 17.1. The Kier molecular flexibility index (Phi) is 6.00. The van der Waals surface area contributed by atoms with Crippen molar-refractivity contribution in [2.45, 2.75) is 36.6 Å². The Morgan fingerprint density at radius 1 is 1.00 bits per heavy atom. The van der Waals surface area contributed by atoms with Gasteiger partial charge < -0.3 is 4.74 Å². The Morgan fingerprint density at radius 3 is 1.86 bits per heavy atom. The maximum absolute atomic E-state index is 12.9. The van der Waals surface area contributed by atoms with Crippen molar-refractivity contribution in [1.29, 1.82) is 0 Å². The summed E-state index contributed by atoms with van der Waals surface area (Å²) >= 11 is 0. The number of rotatable bonds is 7. The molecule has 0 fully saturated rings. The number of hydrogen-bond donors (Lipinski definition) is 1. The summed E-state index contributed by atoms with van der Waals surface area (Å²) in [6.07, 6.45) is -8.53. The van der Waals surface area contributed by atoms with Crippen molar-refractivity contribution < 1.29 is 53.2 Å². The van der Waals surface area contributed by atoms with Crippen LogP contribution >= 0.6 is 0 Å². The van der Waals surface area contributed by atoms with Gasteiger partial charge in [0.2, 0.25) is 0 Å². The van der Waals surface area contributed by atoms with E-state index in [-0.39, 0.29) is 0 Å². The van der Waals surface area contributed by atoms with Crippen molar-refractivity contribution in [3.05, 3.63) is 0 Å². The summed E-state index contributed by atoms with van der Waals surface area (Å²) in [5, 5.41) is -5.73. The van der Waals surface area contributed by atoms with E-state index in [1.54, 1.807) is 0 Å². The number of carbonyl (C=O) groups excluding carboxylic acids is 1. The van der Waals surface area contributed by atoms with Gasteiger partial charge in [-0.1, -0.05) is 0 Å². The molecule has 0 atom stereocenters. The molecule has 126 valence electrons. The second-order valence-corrected chi connectivity index (χ2v) is 5.25. The van der Waals surface area contributed by atoms with Crippen LogP contribution in [0.15, 0.2) is 0 Å². The van der Waals surface area contributed by atoms with E-state index in [1.165, 1.54) is 0 Å². The van der Waals surface area contributed by atoms with Gasteiger partial charge in [-0.2, -0.15) is 39.2 Å². The molecule has 0 aromatic rings. The molecule has 0 aromatic heterocycles. The summed E-state index contributed by atoms with van der Waals surface area (Å²) in [6, 6.07) is 0. The van der Waals surface area contributed by atoms with Crippen LogP contribution < -0.4 is 0 Å². The maximum Gasteiger partial charge on any atom is 0.490 e. The molecule has 13 heteroatoms. The van der Waals surface area contributed by atoms with Crippen LogP contribution in [0.4, 0.5) is 30.7 Å². The topological polar surface area (TPSA) is 80.7 Å². The molecule has 0 saturated carbocycles. The monoisotopic (exact) mass is 350 g/mol. The van der Waals surface area contributed by atoms with Crippen molar-refractivity contribution in [3.63, 3.8) is 0 Å². The SMILES string of the molecule is O=C(OCCCCC(F)(F)C(F)(F)S(=O)(=O)O)C(F)(F)F. The summed E-state index contributed by atoms with van der Waals surface area (Å²) in [5.41, 5.74) is 0. The summed E-state index contributed by atoms with van der Waals surface area (Å²) in [5.74, 6) is -7.70. The molecule has 5 nitrogen and oxygen atoms in total. The Hall–Kier alpha value is -1.11. The van der Waals surface area contributed by atoms with Gasteiger partial charge in [-0.3, -0.25) is 4.55 Å². The lowest BCUT2D eigenvalue weighted by molar-refractivity contribution is -0.200. The Bertz CT molecular complexity index is 470. The number of alkyl halides is 7. The minimum atomic E-state index is -6.35. The largest absolute Gasteiger partial charge is 0.490 e. The van der Waals surface area contributed by atoms with Crippen LogP contribution in [0.25, 0.3) is 0 Å². The molecule has 0 rings (SSSR count). The molecule has 0 spiro atoms. The van der Waals surface area contributed by atoms with E-state index >= 15 is 0 Å². The van der Waals surface area contributed by atoms with E-state index < -0.39 is 59.3 Å². The molecule has 0 aromatic carbocycles. The molecule has 0 saturated heterocycles. The van der Waals surface area contributed by atoms with Crippen LogP contribution in [-0.2, 0) is 19.6 Å². The normalized spacial score (nSPS) is 14.1. The second-order valence-electron chi connectivity index (χ2n) is 3.79. The first kappa shape index (κ1) is 19.9. The molecule has 1 N–H and O–H groups in total. The lowest BCUT2D eigenvalue weighted by atomic mass is 10.1. The van der Waals surface area contributed by atoms with Crippen LogP contribution in [0.1, 0.15) is 19.3 Å². The van der Waals surface area contributed by atoms with Crippen molar-refractivity contribution in [2.24, 2.45) is 0 Å².